The number of amides is 2. The zero-order chi connectivity index (χ0) is 22.3. The van der Waals surface area contributed by atoms with Crippen molar-refractivity contribution in [1.82, 2.24) is 30.3 Å². The Morgan fingerprint density at radius 3 is 2.31 bits per heavy atom. The van der Waals surface area contributed by atoms with Gasteiger partial charge >= 0.3 is 0 Å². The van der Waals surface area contributed by atoms with Crippen molar-refractivity contribution in [1.29, 1.82) is 0 Å². The van der Waals surface area contributed by atoms with Crippen LogP contribution in [0.5, 0.6) is 0 Å². The van der Waals surface area contributed by atoms with Crippen LogP contribution in [0.25, 0.3) is 5.69 Å². The van der Waals surface area contributed by atoms with E-state index in [1.807, 2.05) is 53.4 Å². The number of aromatic nitrogens is 3. The minimum Gasteiger partial charge on any atom is -0.355 e. The highest BCUT2D eigenvalue weighted by Crippen LogP contribution is 2.16. The lowest BCUT2D eigenvalue weighted by atomic mass is 10.0. The van der Waals surface area contributed by atoms with Gasteiger partial charge in [-0.2, -0.15) is 5.10 Å². The Morgan fingerprint density at radius 2 is 1.69 bits per heavy atom. The van der Waals surface area contributed by atoms with Crippen molar-refractivity contribution in [3.05, 3.63) is 77.9 Å². The number of piperidine rings is 1. The number of carbonyl (C=O) groups is 2. The molecule has 8 nitrogen and oxygen atoms in total. The second kappa shape index (κ2) is 10.2. The monoisotopic (exact) mass is 432 g/mol. The molecule has 0 unspecified atom stereocenters. The fourth-order valence-corrected chi connectivity index (χ4v) is 3.96. The van der Waals surface area contributed by atoms with E-state index >= 15 is 0 Å². The molecule has 1 fully saturated rings. The molecule has 8 heteroatoms. The molecule has 0 bridgehead atoms. The van der Waals surface area contributed by atoms with Gasteiger partial charge in [-0.1, -0.05) is 12.1 Å². The third kappa shape index (κ3) is 5.20. The molecule has 4 rings (SSSR count). The van der Waals surface area contributed by atoms with Gasteiger partial charge in [-0.05, 0) is 67.8 Å². The minimum absolute atomic E-state index is 0.0675. The molecule has 32 heavy (non-hydrogen) atoms. The lowest BCUT2D eigenvalue weighted by Gasteiger charge is -2.32. The van der Waals surface area contributed by atoms with E-state index in [0.717, 1.165) is 44.6 Å². The van der Waals surface area contributed by atoms with Crippen LogP contribution in [0.3, 0.4) is 0 Å². The fraction of sp³-hybridized carbons (Fsp3) is 0.333. The molecule has 1 aliphatic rings. The van der Waals surface area contributed by atoms with Gasteiger partial charge in [0.2, 0.25) is 0 Å². The van der Waals surface area contributed by atoms with Gasteiger partial charge in [0, 0.05) is 37.3 Å². The Kier molecular flexibility index (Phi) is 6.91. The molecule has 0 aliphatic carbocycles. The number of nitrogens with zero attached hydrogens (tertiary/aromatic N) is 4. The standard InChI is InChI=1S/C24H28N6O2/c1-25-23(31)19-4-2-18(3-5-19)10-13-27-21-11-14-29(15-12-21)24(32)20-6-8-22(9-7-20)30-17-26-16-28-30/h2-9,16-17,21,27H,10-15H2,1H3,(H,25,31). The molecular weight excluding hydrogens is 404 g/mol. The number of likely N-dealkylation sites (tertiary alicyclic amines) is 1. The molecule has 0 spiro atoms. The second-order valence-electron chi connectivity index (χ2n) is 7.93. The topological polar surface area (TPSA) is 92.2 Å². The zero-order valence-electron chi connectivity index (χ0n) is 18.2. The molecule has 0 saturated carbocycles. The minimum atomic E-state index is -0.0675. The van der Waals surface area contributed by atoms with Crippen molar-refractivity contribution in [2.45, 2.75) is 25.3 Å². The van der Waals surface area contributed by atoms with Gasteiger partial charge in [-0.3, -0.25) is 9.59 Å². The van der Waals surface area contributed by atoms with E-state index in [0.29, 0.717) is 17.2 Å². The highest BCUT2D eigenvalue weighted by molar-refractivity contribution is 5.94. The quantitative estimate of drug-likeness (QED) is 0.596. The molecule has 0 radical (unpaired) electrons. The summed E-state index contributed by atoms with van der Waals surface area (Å²) in [5, 5.41) is 10.3. The highest BCUT2D eigenvalue weighted by Gasteiger charge is 2.23. The average molecular weight is 433 g/mol. The van der Waals surface area contributed by atoms with Crippen molar-refractivity contribution in [2.75, 3.05) is 26.7 Å². The lowest BCUT2D eigenvalue weighted by Crippen LogP contribution is -2.45. The normalized spacial score (nSPS) is 14.3. The van der Waals surface area contributed by atoms with E-state index in [1.54, 1.807) is 18.1 Å². The number of carbonyl (C=O) groups excluding carboxylic acids is 2. The smallest absolute Gasteiger partial charge is 0.253 e. The first-order chi connectivity index (χ1) is 15.6. The Balaban J connectivity index is 1.21. The maximum absolute atomic E-state index is 12.8. The first-order valence-electron chi connectivity index (χ1n) is 10.9. The molecule has 0 atom stereocenters. The Hall–Kier alpha value is -3.52. The molecule has 2 heterocycles. The summed E-state index contributed by atoms with van der Waals surface area (Å²) in [5.41, 5.74) is 3.45. The van der Waals surface area contributed by atoms with Crippen LogP contribution >= 0.6 is 0 Å². The maximum atomic E-state index is 12.8. The predicted octanol–water partition coefficient (Wildman–Crippen LogP) is 2.06. The molecule has 166 valence electrons. The van der Waals surface area contributed by atoms with Gasteiger partial charge in [-0.15, -0.1) is 0 Å². The Morgan fingerprint density at radius 1 is 1.00 bits per heavy atom. The van der Waals surface area contributed by atoms with Crippen molar-refractivity contribution in [2.24, 2.45) is 0 Å². The Bertz CT molecular complexity index is 1020. The summed E-state index contributed by atoms with van der Waals surface area (Å²) >= 11 is 0. The number of hydrogen-bond donors (Lipinski definition) is 2. The third-order valence-corrected chi connectivity index (χ3v) is 5.87. The summed E-state index contributed by atoms with van der Waals surface area (Å²) in [6.45, 7) is 2.38. The van der Waals surface area contributed by atoms with E-state index in [9.17, 15) is 9.59 Å². The first-order valence-corrected chi connectivity index (χ1v) is 10.9. The van der Waals surface area contributed by atoms with E-state index in [-0.39, 0.29) is 11.8 Å². The van der Waals surface area contributed by atoms with E-state index in [1.165, 1.54) is 11.9 Å². The molecular formula is C24H28N6O2. The van der Waals surface area contributed by atoms with Crippen LogP contribution in [0.2, 0.25) is 0 Å². The van der Waals surface area contributed by atoms with Crippen molar-refractivity contribution >= 4 is 11.8 Å². The molecule has 2 aromatic carbocycles. The van der Waals surface area contributed by atoms with Gasteiger partial charge in [0.15, 0.2) is 0 Å². The summed E-state index contributed by atoms with van der Waals surface area (Å²) in [6, 6.07) is 15.6. The number of rotatable bonds is 7. The number of nitrogens with one attached hydrogen (secondary N) is 2. The Labute approximate surface area is 187 Å². The molecule has 2 N–H and O–H groups in total. The van der Waals surface area contributed by atoms with Crippen LogP contribution < -0.4 is 10.6 Å². The summed E-state index contributed by atoms with van der Waals surface area (Å²) in [4.78, 5) is 30.3. The molecule has 3 aromatic rings. The fourth-order valence-electron chi connectivity index (χ4n) is 3.96. The molecule has 2 amide bonds. The molecule has 1 aliphatic heterocycles. The van der Waals surface area contributed by atoms with Crippen molar-refractivity contribution in [3.8, 4) is 5.69 Å². The van der Waals surface area contributed by atoms with Crippen LogP contribution in [-0.2, 0) is 6.42 Å². The number of benzene rings is 2. The molecule has 1 aromatic heterocycles. The van der Waals surface area contributed by atoms with Crippen LogP contribution in [0.1, 0.15) is 39.1 Å². The summed E-state index contributed by atoms with van der Waals surface area (Å²) in [5.74, 6) is 0.00642. The maximum Gasteiger partial charge on any atom is 0.253 e. The summed E-state index contributed by atoms with van der Waals surface area (Å²) in [7, 11) is 1.63. The largest absolute Gasteiger partial charge is 0.355 e. The number of hydrogen-bond acceptors (Lipinski definition) is 5. The van der Waals surface area contributed by atoms with Gasteiger partial charge in [0.1, 0.15) is 12.7 Å². The summed E-state index contributed by atoms with van der Waals surface area (Å²) < 4.78 is 1.67. The van der Waals surface area contributed by atoms with Crippen LogP contribution in [0.15, 0.2) is 61.2 Å². The van der Waals surface area contributed by atoms with Gasteiger partial charge in [0.05, 0.1) is 5.69 Å². The highest BCUT2D eigenvalue weighted by atomic mass is 16.2. The second-order valence-corrected chi connectivity index (χ2v) is 7.93. The zero-order valence-corrected chi connectivity index (χ0v) is 18.2. The average Bonchev–Trinajstić information content (AvgIpc) is 3.39. The SMILES string of the molecule is CNC(=O)c1ccc(CCNC2CCN(C(=O)c3ccc(-n4cncn4)cc3)CC2)cc1. The van der Waals surface area contributed by atoms with Crippen molar-refractivity contribution < 1.29 is 9.59 Å². The van der Waals surface area contributed by atoms with Gasteiger partial charge in [0.25, 0.3) is 11.8 Å². The van der Waals surface area contributed by atoms with E-state index in [2.05, 4.69) is 20.7 Å². The summed E-state index contributed by atoms with van der Waals surface area (Å²) in [6.07, 6.45) is 5.91. The third-order valence-electron chi connectivity index (χ3n) is 5.87. The van der Waals surface area contributed by atoms with E-state index < -0.39 is 0 Å². The van der Waals surface area contributed by atoms with Gasteiger partial charge in [-0.25, -0.2) is 9.67 Å². The molecule has 1 saturated heterocycles. The van der Waals surface area contributed by atoms with Crippen LogP contribution in [-0.4, -0.2) is 64.2 Å². The van der Waals surface area contributed by atoms with Gasteiger partial charge < -0.3 is 15.5 Å². The predicted molar refractivity (Wildman–Crippen MR) is 122 cm³/mol. The van der Waals surface area contributed by atoms with Crippen molar-refractivity contribution in [3.63, 3.8) is 0 Å². The first kappa shape index (κ1) is 21.7. The van der Waals surface area contributed by atoms with Crippen LogP contribution in [0.4, 0.5) is 0 Å². The van der Waals surface area contributed by atoms with E-state index in [4.69, 9.17) is 0 Å². The van der Waals surface area contributed by atoms with Crippen LogP contribution in [0, 0.1) is 0 Å². The lowest BCUT2D eigenvalue weighted by molar-refractivity contribution is 0.0705.